The molecule has 0 heterocycles. The van der Waals surface area contributed by atoms with Gasteiger partial charge in [0.15, 0.2) is 0 Å². The summed E-state index contributed by atoms with van der Waals surface area (Å²) in [5.41, 5.74) is 0.990. The Labute approximate surface area is 118 Å². The fraction of sp³-hybridized carbons (Fsp3) is 0.467. The van der Waals surface area contributed by atoms with Crippen molar-refractivity contribution < 1.29 is 19.4 Å². The van der Waals surface area contributed by atoms with Crippen LogP contribution in [0.15, 0.2) is 30.3 Å². The van der Waals surface area contributed by atoms with E-state index in [4.69, 9.17) is 9.84 Å². The molecule has 1 aromatic carbocycles. The van der Waals surface area contributed by atoms with E-state index in [0.29, 0.717) is 13.0 Å². The zero-order valence-electron chi connectivity index (χ0n) is 11.8. The minimum absolute atomic E-state index is 0.0757. The van der Waals surface area contributed by atoms with E-state index in [0.717, 1.165) is 5.56 Å². The SMILES string of the molecule is CCC(CC(=O)O)NC(=O)C(C)OCc1ccccc1. The lowest BCUT2D eigenvalue weighted by Crippen LogP contribution is -2.42. The monoisotopic (exact) mass is 279 g/mol. The molecule has 5 heteroatoms. The third-order valence-corrected chi connectivity index (χ3v) is 2.97. The molecule has 0 aromatic heterocycles. The summed E-state index contributed by atoms with van der Waals surface area (Å²) in [6.07, 6.45) is -0.116. The molecular formula is C15H21NO4. The zero-order chi connectivity index (χ0) is 15.0. The number of carbonyl (C=O) groups is 2. The van der Waals surface area contributed by atoms with Gasteiger partial charge in [0.05, 0.1) is 13.0 Å². The molecule has 1 rings (SSSR count). The molecule has 0 aliphatic carbocycles. The lowest BCUT2D eigenvalue weighted by Gasteiger charge is -2.18. The van der Waals surface area contributed by atoms with Crippen LogP contribution >= 0.6 is 0 Å². The summed E-state index contributed by atoms with van der Waals surface area (Å²) < 4.78 is 5.48. The van der Waals surface area contributed by atoms with Crippen molar-refractivity contribution in [2.24, 2.45) is 0 Å². The van der Waals surface area contributed by atoms with Gasteiger partial charge in [0.1, 0.15) is 6.10 Å². The number of carboxylic acid groups (broad SMARTS) is 1. The predicted octanol–water partition coefficient (Wildman–Crippen LogP) is 1.96. The Morgan fingerprint density at radius 1 is 1.30 bits per heavy atom. The van der Waals surface area contributed by atoms with E-state index in [9.17, 15) is 9.59 Å². The van der Waals surface area contributed by atoms with Crippen LogP contribution in [0.25, 0.3) is 0 Å². The van der Waals surface area contributed by atoms with Gasteiger partial charge in [-0.1, -0.05) is 37.3 Å². The third-order valence-electron chi connectivity index (χ3n) is 2.97. The van der Waals surface area contributed by atoms with Crippen LogP contribution in [0.4, 0.5) is 0 Å². The summed E-state index contributed by atoms with van der Waals surface area (Å²) in [6.45, 7) is 3.85. The fourth-order valence-electron chi connectivity index (χ4n) is 1.70. The van der Waals surface area contributed by atoms with Gasteiger partial charge in [-0.05, 0) is 18.9 Å². The number of carbonyl (C=O) groups excluding carboxylic acids is 1. The molecule has 2 N–H and O–H groups in total. The van der Waals surface area contributed by atoms with Crippen LogP contribution in [-0.4, -0.2) is 29.1 Å². The van der Waals surface area contributed by atoms with Crippen LogP contribution in [0, 0.1) is 0 Å². The summed E-state index contributed by atoms with van der Waals surface area (Å²) in [6, 6.07) is 9.21. The van der Waals surface area contributed by atoms with Gasteiger partial charge in [-0.2, -0.15) is 0 Å². The summed E-state index contributed by atoms with van der Waals surface area (Å²) in [4.78, 5) is 22.5. The van der Waals surface area contributed by atoms with E-state index in [-0.39, 0.29) is 18.4 Å². The third kappa shape index (κ3) is 5.84. The maximum atomic E-state index is 11.9. The highest BCUT2D eigenvalue weighted by Gasteiger charge is 2.19. The Morgan fingerprint density at radius 2 is 1.95 bits per heavy atom. The fourth-order valence-corrected chi connectivity index (χ4v) is 1.70. The van der Waals surface area contributed by atoms with E-state index in [1.165, 1.54) is 0 Å². The molecule has 5 nitrogen and oxygen atoms in total. The molecule has 0 fully saturated rings. The average Bonchev–Trinajstić information content (AvgIpc) is 2.44. The van der Waals surface area contributed by atoms with Crippen LogP contribution in [0.5, 0.6) is 0 Å². The lowest BCUT2D eigenvalue weighted by atomic mass is 10.1. The molecule has 0 radical (unpaired) electrons. The number of hydrogen-bond donors (Lipinski definition) is 2. The molecule has 0 bridgehead atoms. The molecule has 2 atom stereocenters. The van der Waals surface area contributed by atoms with Crippen molar-refractivity contribution in [2.75, 3.05) is 0 Å². The number of aliphatic carboxylic acids is 1. The molecule has 1 aromatic rings. The average molecular weight is 279 g/mol. The number of amides is 1. The molecule has 0 saturated heterocycles. The topological polar surface area (TPSA) is 75.6 Å². The Kier molecular flexibility index (Phi) is 6.73. The molecule has 0 aliphatic heterocycles. The van der Waals surface area contributed by atoms with Gasteiger partial charge in [0.25, 0.3) is 0 Å². The van der Waals surface area contributed by atoms with Gasteiger partial charge in [-0.25, -0.2) is 0 Å². The van der Waals surface area contributed by atoms with E-state index in [1.54, 1.807) is 6.92 Å². The van der Waals surface area contributed by atoms with Crippen LogP contribution in [-0.2, 0) is 20.9 Å². The zero-order valence-corrected chi connectivity index (χ0v) is 11.8. The van der Waals surface area contributed by atoms with Crippen LogP contribution in [0.2, 0.25) is 0 Å². The molecule has 110 valence electrons. The number of nitrogens with one attached hydrogen (secondary N) is 1. The predicted molar refractivity (Wildman–Crippen MR) is 75.2 cm³/mol. The normalized spacial score (nSPS) is 13.5. The molecule has 2 unspecified atom stereocenters. The van der Waals surface area contributed by atoms with Crippen LogP contribution in [0.1, 0.15) is 32.3 Å². The molecule has 0 saturated carbocycles. The van der Waals surface area contributed by atoms with Gasteiger partial charge >= 0.3 is 5.97 Å². The van der Waals surface area contributed by atoms with Gasteiger partial charge < -0.3 is 15.2 Å². The second-order valence-electron chi connectivity index (χ2n) is 4.65. The van der Waals surface area contributed by atoms with Gasteiger partial charge in [-0.15, -0.1) is 0 Å². The molecule has 1 amide bonds. The summed E-state index contributed by atoms with van der Waals surface area (Å²) in [5.74, 6) is -1.20. The van der Waals surface area contributed by atoms with Crippen molar-refractivity contribution >= 4 is 11.9 Å². The van der Waals surface area contributed by atoms with Crippen molar-refractivity contribution in [3.63, 3.8) is 0 Å². The van der Waals surface area contributed by atoms with E-state index in [1.807, 2.05) is 37.3 Å². The number of benzene rings is 1. The van der Waals surface area contributed by atoms with Crippen molar-refractivity contribution in [1.29, 1.82) is 0 Å². The number of hydrogen-bond acceptors (Lipinski definition) is 3. The molecule has 20 heavy (non-hydrogen) atoms. The standard InChI is InChI=1S/C15H21NO4/c1-3-13(9-14(17)18)16-15(19)11(2)20-10-12-7-5-4-6-8-12/h4-8,11,13H,3,9-10H2,1-2H3,(H,16,19)(H,17,18). The Bertz CT molecular complexity index is 433. The Balaban J connectivity index is 2.40. The summed E-state index contributed by atoms with van der Waals surface area (Å²) in [5, 5.41) is 11.4. The number of carboxylic acids is 1. The van der Waals surface area contributed by atoms with Crippen LogP contribution < -0.4 is 5.32 Å². The van der Waals surface area contributed by atoms with E-state index >= 15 is 0 Å². The highest BCUT2D eigenvalue weighted by molar-refractivity contribution is 5.81. The first-order valence-electron chi connectivity index (χ1n) is 6.70. The summed E-state index contributed by atoms with van der Waals surface area (Å²) in [7, 11) is 0. The first-order valence-corrected chi connectivity index (χ1v) is 6.70. The first-order chi connectivity index (χ1) is 9.52. The lowest BCUT2D eigenvalue weighted by molar-refractivity contribution is -0.138. The van der Waals surface area contributed by atoms with Gasteiger partial charge in [-0.3, -0.25) is 9.59 Å². The maximum Gasteiger partial charge on any atom is 0.305 e. The summed E-state index contributed by atoms with van der Waals surface area (Å²) >= 11 is 0. The van der Waals surface area contributed by atoms with Gasteiger partial charge in [0, 0.05) is 6.04 Å². The largest absolute Gasteiger partial charge is 0.481 e. The van der Waals surface area contributed by atoms with Crippen LogP contribution in [0.3, 0.4) is 0 Å². The van der Waals surface area contributed by atoms with E-state index in [2.05, 4.69) is 5.32 Å². The second kappa shape index (κ2) is 8.32. The highest BCUT2D eigenvalue weighted by atomic mass is 16.5. The minimum Gasteiger partial charge on any atom is -0.481 e. The Morgan fingerprint density at radius 3 is 2.50 bits per heavy atom. The Hall–Kier alpha value is -1.88. The highest BCUT2D eigenvalue weighted by Crippen LogP contribution is 2.05. The quantitative estimate of drug-likeness (QED) is 0.762. The van der Waals surface area contributed by atoms with E-state index < -0.39 is 12.1 Å². The smallest absolute Gasteiger partial charge is 0.305 e. The molecular weight excluding hydrogens is 258 g/mol. The van der Waals surface area contributed by atoms with Crippen molar-refractivity contribution in [1.82, 2.24) is 5.32 Å². The minimum atomic E-state index is -0.921. The second-order valence-corrected chi connectivity index (χ2v) is 4.65. The maximum absolute atomic E-state index is 11.9. The van der Waals surface area contributed by atoms with Gasteiger partial charge in [0.2, 0.25) is 5.91 Å². The van der Waals surface area contributed by atoms with Crippen molar-refractivity contribution in [2.45, 2.75) is 45.4 Å². The number of rotatable bonds is 8. The van der Waals surface area contributed by atoms with Crippen molar-refractivity contribution in [3.8, 4) is 0 Å². The number of ether oxygens (including phenoxy) is 1. The molecule has 0 aliphatic rings. The van der Waals surface area contributed by atoms with Crippen molar-refractivity contribution in [3.05, 3.63) is 35.9 Å². The first kappa shape index (κ1) is 16.2. The molecule has 0 spiro atoms.